The second kappa shape index (κ2) is 13.1. The van der Waals surface area contributed by atoms with Gasteiger partial charge in [0.15, 0.2) is 23.0 Å². The van der Waals surface area contributed by atoms with Gasteiger partial charge >= 0.3 is 30.4 Å². The van der Waals surface area contributed by atoms with Crippen LogP contribution in [0, 0.1) is 0 Å². The van der Waals surface area contributed by atoms with E-state index in [0.717, 1.165) is 24.3 Å². The zero-order valence-electron chi connectivity index (χ0n) is 24.5. The van der Waals surface area contributed by atoms with Crippen molar-refractivity contribution in [3.8, 4) is 56.8 Å². The SMILES string of the molecule is COc1cc(-c2ccc(OS(C)(=O)=O)cc2)c(OC)c(OS(C)(=O)=O)c1-c1ccc(OCC=C(C)C)c(OS(C)(=O)=O)c1. The van der Waals surface area contributed by atoms with Crippen molar-refractivity contribution in [3.63, 3.8) is 0 Å². The summed E-state index contributed by atoms with van der Waals surface area (Å²) in [5.41, 5.74) is 2.16. The van der Waals surface area contributed by atoms with Gasteiger partial charge in [-0.25, -0.2) is 0 Å². The molecule has 0 aliphatic carbocycles. The van der Waals surface area contributed by atoms with Crippen molar-refractivity contribution >= 4 is 30.4 Å². The molecule has 3 rings (SSSR count). The summed E-state index contributed by atoms with van der Waals surface area (Å²) < 4.78 is 105. The summed E-state index contributed by atoms with van der Waals surface area (Å²) in [7, 11) is -9.23. The van der Waals surface area contributed by atoms with E-state index in [2.05, 4.69) is 0 Å². The Hall–Kier alpha value is -3.95. The van der Waals surface area contributed by atoms with E-state index in [1.165, 1.54) is 38.5 Å². The van der Waals surface area contributed by atoms with Gasteiger partial charge < -0.3 is 26.8 Å². The maximum Gasteiger partial charge on any atom is 0.306 e. The summed E-state index contributed by atoms with van der Waals surface area (Å²) >= 11 is 0. The monoisotopic (exact) mass is 656 g/mol. The molecule has 234 valence electrons. The van der Waals surface area contributed by atoms with Gasteiger partial charge in [0.25, 0.3) is 0 Å². The summed E-state index contributed by atoms with van der Waals surface area (Å²) in [5.74, 6) is -0.0943. The number of allylic oxidation sites excluding steroid dienone is 1. The molecule has 15 heteroatoms. The summed E-state index contributed by atoms with van der Waals surface area (Å²) in [6, 6.07) is 11.8. The summed E-state index contributed by atoms with van der Waals surface area (Å²) in [6.07, 6.45) is 4.44. The van der Waals surface area contributed by atoms with Crippen LogP contribution in [0.3, 0.4) is 0 Å². The molecule has 0 aliphatic heterocycles. The molecule has 0 unspecified atom stereocenters. The topological polar surface area (TPSA) is 158 Å². The summed E-state index contributed by atoms with van der Waals surface area (Å²) in [6.45, 7) is 3.90. The number of hydrogen-bond donors (Lipinski definition) is 0. The molecule has 0 spiro atoms. The Morgan fingerprint density at radius 2 is 1.23 bits per heavy atom. The largest absolute Gasteiger partial charge is 0.496 e. The predicted molar refractivity (Wildman–Crippen MR) is 162 cm³/mol. The second-order valence-electron chi connectivity index (χ2n) is 9.50. The summed E-state index contributed by atoms with van der Waals surface area (Å²) in [4.78, 5) is 0. The minimum Gasteiger partial charge on any atom is -0.496 e. The summed E-state index contributed by atoms with van der Waals surface area (Å²) in [5, 5.41) is 0. The first-order chi connectivity index (χ1) is 19.9. The fraction of sp³-hybridized carbons (Fsp3) is 0.286. The van der Waals surface area contributed by atoms with Crippen LogP contribution < -0.4 is 26.8 Å². The molecule has 3 aromatic carbocycles. The maximum atomic E-state index is 12.4. The van der Waals surface area contributed by atoms with Gasteiger partial charge in [0.05, 0.1) is 38.6 Å². The fourth-order valence-corrected chi connectivity index (χ4v) is 5.25. The molecule has 0 fully saturated rings. The maximum absolute atomic E-state index is 12.4. The Morgan fingerprint density at radius 3 is 1.74 bits per heavy atom. The van der Waals surface area contributed by atoms with Gasteiger partial charge in [-0.15, -0.1) is 0 Å². The third kappa shape index (κ3) is 9.53. The van der Waals surface area contributed by atoms with Gasteiger partial charge in [-0.05, 0) is 61.4 Å². The van der Waals surface area contributed by atoms with E-state index >= 15 is 0 Å². The highest BCUT2D eigenvalue weighted by Crippen LogP contribution is 2.51. The molecule has 0 bridgehead atoms. The van der Waals surface area contributed by atoms with Crippen molar-refractivity contribution in [1.82, 2.24) is 0 Å². The third-order valence-corrected chi connectivity index (χ3v) is 6.92. The van der Waals surface area contributed by atoms with Crippen LogP contribution in [-0.2, 0) is 30.4 Å². The highest BCUT2D eigenvalue weighted by atomic mass is 32.2. The minimum absolute atomic E-state index is 0.00697. The molecule has 0 heterocycles. The van der Waals surface area contributed by atoms with E-state index in [-0.39, 0.29) is 52.2 Å². The second-order valence-corrected chi connectivity index (χ2v) is 14.2. The van der Waals surface area contributed by atoms with Crippen LogP contribution in [0.25, 0.3) is 22.3 Å². The van der Waals surface area contributed by atoms with E-state index in [1.54, 1.807) is 30.3 Å². The molecule has 0 aliphatic rings. The first-order valence-electron chi connectivity index (χ1n) is 12.4. The van der Waals surface area contributed by atoms with Gasteiger partial charge in [-0.2, -0.15) is 25.3 Å². The molecule has 0 atom stereocenters. The first kappa shape index (κ1) is 33.6. The molecule has 0 amide bonds. The molecule has 0 radical (unpaired) electrons. The lowest BCUT2D eigenvalue weighted by molar-refractivity contribution is 0.347. The lowest BCUT2D eigenvalue weighted by Gasteiger charge is -2.21. The van der Waals surface area contributed by atoms with Crippen molar-refractivity contribution < 1.29 is 52.0 Å². The molecule has 0 saturated carbocycles. The molecule has 3 aromatic rings. The molecular formula is C28H32O12S3. The minimum atomic E-state index is -4.14. The molecule has 0 N–H and O–H groups in total. The zero-order chi connectivity index (χ0) is 32.2. The Morgan fingerprint density at radius 1 is 0.651 bits per heavy atom. The van der Waals surface area contributed by atoms with Crippen LogP contribution >= 0.6 is 0 Å². The van der Waals surface area contributed by atoms with Crippen molar-refractivity contribution in [3.05, 3.63) is 60.2 Å². The van der Waals surface area contributed by atoms with Crippen LogP contribution in [0.4, 0.5) is 0 Å². The normalized spacial score (nSPS) is 11.8. The number of rotatable bonds is 13. The van der Waals surface area contributed by atoms with Crippen LogP contribution in [0.2, 0.25) is 0 Å². The van der Waals surface area contributed by atoms with Crippen LogP contribution in [0.15, 0.2) is 60.2 Å². The van der Waals surface area contributed by atoms with E-state index in [4.69, 9.17) is 26.8 Å². The van der Waals surface area contributed by atoms with Crippen molar-refractivity contribution in [2.24, 2.45) is 0 Å². The number of hydrogen-bond acceptors (Lipinski definition) is 12. The van der Waals surface area contributed by atoms with Gasteiger partial charge in [-0.1, -0.05) is 23.8 Å². The molecular weight excluding hydrogens is 624 g/mol. The zero-order valence-corrected chi connectivity index (χ0v) is 27.0. The van der Waals surface area contributed by atoms with E-state index in [0.29, 0.717) is 11.1 Å². The van der Waals surface area contributed by atoms with Crippen molar-refractivity contribution in [2.45, 2.75) is 13.8 Å². The Kier molecular flexibility index (Phi) is 10.3. The van der Waals surface area contributed by atoms with E-state index in [1.807, 2.05) is 13.8 Å². The van der Waals surface area contributed by atoms with Gasteiger partial charge in [0, 0.05) is 5.56 Å². The van der Waals surface area contributed by atoms with E-state index in [9.17, 15) is 25.3 Å². The Labute approximate surface area is 252 Å². The first-order valence-corrected chi connectivity index (χ1v) is 17.8. The smallest absolute Gasteiger partial charge is 0.306 e. The average Bonchev–Trinajstić information content (AvgIpc) is 2.86. The quantitative estimate of drug-likeness (QED) is 0.189. The van der Waals surface area contributed by atoms with Crippen LogP contribution in [-0.4, -0.2) is 64.8 Å². The standard InChI is InChI=1S/C28H32O12S3/c1-18(2)14-15-37-23-13-10-20(16-24(23)39-42(6,31)32)26-25(35-3)17-22(27(36-4)28(26)40-43(7,33)34)19-8-11-21(12-9-19)38-41(5,29)30/h8-14,16-17H,15H2,1-7H3. The highest BCUT2D eigenvalue weighted by molar-refractivity contribution is 7.86. The molecule has 0 aromatic heterocycles. The van der Waals surface area contributed by atoms with Crippen molar-refractivity contribution in [1.29, 1.82) is 0 Å². The van der Waals surface area contributed by atoms with Crippen LogP contribution in [0.5, 0.6) is 34.5 Å². The molecule has 0 saturated heterocycles. The lowest BCUT2D eigenvalue weighted by atomic mass is 9.96. The predicted octanol–water partition coefficient (Wildman–Crippen LogP) is 4.40. The van der Waals surface area contributed by atoms with E-state index < -0.39 is 30.4 Å². The third-order valence-electron chi connectivity index (χ3n) is 5.48. The molecule has 43 heavy (non-hydrogen) atoms. The Balaban J connectivity index is 2.30. The van der Waals surface area contributed by atoms with Crippen molar-refractivity contribution in [2.75, 3.05) is 39.6 Å². The number of ether oxygens (including phenoxy) is 3. The average molecular weight is 657 g/mol. The highest BCUT2D eigenvalue weighted by Gasteiger charge is 2.27. The van der Waals surface area contributed by atoms with Gasteiger partial charge in [-0.3, -0.25) is 0 Å². The van der Waals surface area contributed by atoms with Gasteiger partial charge in [0.1, 0.15) is 18.1 Å². The molecule has 12 nitrogen and oxygen atoms in total. The Bertz CT molecular complexity index is 1840. The van der Waals surface area contributed by atoms with Crippen LogP contribution in [0.1, 0.15) is 13.8 Å². The fourth-order valence-electron chi connectivity index (χ4n) is 3.87. The number of methoxy groups -OCH3 is 2. The van der Waals surface area contributed by atoms with Gasteiger partial charge in [0.2, 0.25) is 0 Å². The lowest BCUT2D eigenvalue weighted by Crippen LogP contribution is -2.10. The number of benzene rings is 3.